The molecule has 142 valence electrons. The fourth-order valence-corrected chi connectivity index (χ4v) is 3.32. The molecule has 3 rings (SSSR count). The van der Waals surface area contributed by atoms with Gasteiger partial charge in [-0.05, 0) is 30.5 Å². The van der Waals surface area contributed by atoms with E-state index in [9.17, 15) is 9.59 Å². The summed E-state index contributed by atoms with van der Waals surface area (Å²) >= 11 is 6.03. The van der Waals surface area contributed by atoms with Crippen LogP contribution in [0.4, 0.5) is 5.82 Å². The Morgan fingerprint density at radius 3 is 2.74 bits per heavy atom. The van der Waals surface area contributed by atoms with Crippen LogP contribution in [0.2, 0.25) is 5.15 Å². The summed E-state index contributed by atoms with van der Waals surface area (Å²) in [6.45, 7) is 1.25. The SMILES string of the molecule is CN(C)c1cc(C(=O)N[C@H]2CCCN(Cc3ccccc3)C2=O)cc(Cl)n1. The molecule has 1 fully saturated rings. The number of piperidine rings is 1. The first-order valence-corrected chi connectivity index (χ1v) is 9.30. The van der Waals surface area contributed by atoms with Crippen LogP contribution < -0.4 is 10.2 Å². The van der Waals surface area contributed by atoms with Crippen LogP contribution in [0.25, 0.3) is 0 Å². The molecule has 1 saturated heterocycles. The van der Waals surface area contributed by atoms with Crippen molar-refractivity contribution in [3.63, 3.8) is 0 Å². The Morgan fingerprint density at radius 1 is 1.30 bits per heavy atom. The van der Waals surface area contributed by atoms with E-state index in [0.717, 1.165) is 12.0 Å². The number of hydrogen-bond donors (Lipinski definition) is 1. The summed E-state index contributed by atoms with van der Waals surface area (Å²) in [5, 5.41) is 3.10. The zero-order chi connectivity index (χ0) is 19.4. The second-order valence-corrected chi connectivity index (χ2v) is 7.23. The van der Waals surface area contributed by atoms with Crippen molar-refractivity contribution in [2.24, 2.45) is 0 Å². The van der Waals surface area contributed by atoms with Crippen molar-refractivity contribution in [1.82, 2.24) is 15.2 Å². The molecule has 6 nitrogen and oxygen atoms in total. The maximum Gasteiger partial charge on any atom is 0.252 e. The highest BCUT2D eigenvalue weighted by atomic mass is 35.5. The maximum absolute atomic E-state index is 12.8. The standard InChI is InChI=1S/C20H23ClN4O2/c1-24(2)18-12-15(11-17(21)23-18)19(26)22-16-9-6-10-25(20(16)27)13-14-7-4-3-5-8-14/h3-5,7-8,11-12,16H,6,9-10,13H2,1-2H3,(H,22,26)/t16-/m0/s1. The third-order valence-corrected chi connectivity index (χ3v) is 4.75. The van der Waals surface area contributed by atoms with E-state index < -0.39 is 6.04 Å². The minimum absolute atomic E-state index is 0.0496. The molecule has 0 saturated carbocycles. The summed E-state index contributed by atoms with van der Waals surface area (Å²) < 4.78 is 0. The number of carbonyl (C=O) groups excluding carboxylic acids is 2. The molecule has 0 unspecified atom stereocenters. The highest BCUT2D eigenvalue weighted by Crippen LogP contribution is 2.19. The predicted molar refractivity (Wildman–Crippen MR) is 106 cm³/mol. The zero-order valence-corrected chi connectivity index (χ0v) is 16.2. The van der Waals surface area contributed by atoms with Gasteiger partial charge in [-0.2, -0.15) is 0 Å². The van der Waals surface area contributed by atoms with E-state index in [1.54, 1.807) is 15.9 Å². The van der Waals surface area contributed by atoms with Gasteiger partial charge in [0.2, 0.25) is 5.91 Å². The Balaban J connectivity index is 1.69. The molecule has 0 bridgehead atoms. The topological polar surface area (TPSA) is 65.5 Å². The fourth-order valence-electron chi connectivity index (χ4n) is 3.12. The minimum Gasteiger partial charge on any atom is -0.363 e. The summed E-state index contributed by atoms with van der Waals surface area (Å²) in [5.41, 5.74) is 1.47. The number of nitrogens with zero attached hydrogens (tertiary/aromatic N) is 3. The Hall–Kier alpha value is -2.60. The van der Waals surface area contributed by atoms with Crippen LogP contribution in [0.3, 0.4) is 0 Å². The Bertz CT molecular complexity index is 826. The van der Waals surface area contributed by atoms with Gasteiger partial charge in [0.25, 0.3) is 5.91 Å². The summed E-state index contributed by atoms with van der Waals surface area (Å²) in [6, 6.07) is 12.5. The van der Waals surface area contributed by atoms with Crippen molar-refractivity contribution < 1.29 is 9.59 Å². The lowest BCUT2D eigenvalue weighted by molar-refractivity contribution is -0.136. The molecule has 0 aliphatic carbocycles. The zero-order valence-electron chi connectivity index (χ0n) is 15.5. The number of halogens is 1. The lowest BCUT2D eigenvalue weighted by Gasteiger charge is -2.32. The van der Waals surface area contributed by atoms with Gasteiger partial charge in [-0.25, -0.2) is 4.98 Å². The summed E-state index contributed by atoms with van der Waals surface area (Å²) in [6.07, 6.45) is 1.48. The molecule has 1 aromatic heterocycles. The summed E-state index contributed by atoms with van der Waals surface area (Å²) in [4.78, 5) is 33.2. The number of benzene rings is 1. The van der Waals surface area contributed by atoms with E-state index in [0.29, 0.717) is 30.9 Å². The van der Waals surface area contributed by atoms with Crippen molar-refractivity contribution in [1.29, 1.82) is 0 Å². The Labute approximate surface area is 164 Å². The summed E-state index contributed by atoms with van der Waals surface area (Å²) in [5.74, 6) is 0.224. The van der Waals surface area contributed by atoms with Gasteiger partial charge in [0.15, 0.2) is 0 Å². The smallest absolute Gasteiger partial charge is 0.252 e. The van der Waals surface area contributed by atoms with Crippen molar-refractivity contribution in [2.75, 3.05) is 25.5 Å². The monoisotopic (exact) mass is 386 g/mol. The predicted octanol–water partition coefficient (Wildman–Crippen LogP) is 2.72. The average Bonchev–Trinajstić information content (AvgIpc) is 2.65. The van der Waals surface area contributed by atoms with Gasteiger partial charge in [-0.3, -0.25) is 9.59 Å². The van der Waals surface area contributed by atoms with Crippen LogP contribution in [0.5, 0.6) is 0 Å². The molecule has 1 atom stereocenters. The Morgan fingerprint density at radius 2 is 2.04 bits per heavy atom. The van der Waals surface area contributed by atoms with Crippen LogP contribution in [0.1, 0.15) is 28.8 Å². The molecule has 7 heteroatoms. The van der Waals surface area contributed by atoms with Gasteiger partial charge >= 0.3 is 0 Å². The molecule has 2 aromatic rings. The third-order valence-electron chi connectivity index (χ3n) is 4.55. The first kappa shape index (κ1) is 19.2. The lowest BCUT2D eigenvalue weighted by Crippen LogP contribution is -2.51. The molecular weight excluding hydrogens is 364 g/mol. The van der Waals surface area contributed by atoms with Crippen LogP contribution >= 0.6 is 11.6 Å². The Kier molecular flexibility index (Phi) is 5.96. The number of hydrogen-bond acceptors (Lipinski definition) is 4. The fraction of sp³-hybridized carbons (Fsp3) is 0.350. The minimum atomic E-state index is -0.523. The number of nitrogens with one attached hydrogen (secondary N) is 1. The van der Waals surface area contributed by atoms with Crippen LogP contribution in [0.15, 0.2) is 42.5 Å². The highest BCUT2D eigenvalue weighted by Gasteiger charge is 2.30. The number of likely N-dealkylation sites (tertiary alicyclic amines) is 1. The molecule has 1 aliphatic heterocycles. The second-order valence-electron chi connectivity index (χ2n) is 6.84. The number of aromatic nitrogens is 1. The maximum atomic E-state index is 12.8. The van der Waals surface area contributed by atoms with Crippen LogP contribution in [-0.4, -0.2) is 48.4 Å². The third kappa shape index (κ3) is 4.77. The molecule has 0 radical (unpaired) electrons. The quantitative estimate of drug-likeness (QED) is 0.802. The number of pyridine rings is 1. The molecule has 2 amide bonds. The highest BCUT2D eigenvalue weighted by molar-refractivity contribution is 6.30. The van der Waals surface area contributed by atoms with Crippen molar-refractivity contribution in [2.45, 2.75) is 25.4 Å². The van der Waals surface area contributed by atoms with Crippen LogP contribution in [-0.2, 0) is 11.3 Å². The van der Waals surface area contributed by atoms with E-state index in [-0.39, 0.29) is 17.0 Å². The molecule has 1 aromatic carbocycles. The molecule has 2 heterocycles. The summed E-state index contributed by atoms with van der Waals surface area (Å²) in [7, 11) is 3.65. The van der Waals surface area contributed by atoms with Crippen LogP contribution in [0, 0.1) is 0 Å². The van der Waals surface area contributed by atoms with Gasteiger partial charge in [-0.1, -0.05) is 41.9 Å². The lowest BCUT2D eigenvalue weighted by atomic mass is 10.0. The second kappa shape index (κ2) is 8.39. The van der Waals surface area contributed by atoms with Crippen molar-refractivity contribution >= 4 is 29.2 Å². The van der Waals surface area contributed by atoms with Crippen molar-refractivity contribution in [3.8, 4) is 0 Å². The number of anilines is 1. The average molecular weight is 387 g/mol. The molecule has 0 spiro atoms. The van der Waals surface area contributed by atoms with Gasteiger partial charge in [0.05, 0.1) is 0 Å². The van der Waals surface area contributed by atoms with Gasteiger partial charge in [0.1, 0.15) is 17.0 Å². The largest absolute Gasteiger partial charge is 0.363 e. The van der Waals surface area contributed by atoms with E-state index in [2.05, 4.69) is 10.3 Å². The van der Waals surface area contributed by atoms with E-state index >= 15 is 0 Å². The molecule has 1 N–H and O–H groups in total. The van der Waals surface area contributed by atoms with Gasteiger partial charge < -0.3 is 15.1 Å². The van der Waals surface area contributed by atoms with E-state index in [1.165, 1.54) is 6.07 Å². The number of amides is 2. The molecular formula is C20H23ClN4O2. The van der Waals surface area contributed by atoms with Gasteiger partial charge in [0, 0.05) is 32.7 Å². The van der Waals surface area contributed by atoms with E-state index in [4.69, 9.17) is 11.6 Å². The first-order valence-electron chi connectivity index (χ1n) is 8.92. The number of rotatable bonds is 5. The number of carbonyl (C=O) groups is 2. The first-order chi connectivity index (χ1) is 12.9. The van der Waals surface area contributed by atoms with Crippen molar-refractivity contribution in [3.05, 3.63) is 58.7 Å². The molecule has 27 heavy (non-hydrogen) atoms. The molecule has 1 aliphatic rings. The van der Waals surface area contributed by atoms with Gasteiger partial charge in [-0.15, -0.1) is 0 Å². The van der Waals surface area contributed by atoms with E-state index in [1.807, 2.05) is 44.4 Å². The normalized spacial score (nSPS) is 16.9.